The van der Waals surface area contributed by atoms with Gasteiger partial charge in [0.05, 0.1) is 12.2 Å². The molecule has 1 heterocycles. The molecule has 0 radical (unpaired) electrons. The van der Waals surface area contributed by atoms with Crippen LogP contribution in [0.4, 0.5) is 0 Å². The van der Waals surface area contributed by atoms with Crippen LogP contribution in [0.15, 0.2) is 36.3 Å². The maximum atomic E-state index is 5.32. The van der Waals surface area contributed by atoms with E-state index in [0.29, 0.717) is 0 Å². The third-order valence-electron chi connectivity index (χ3n) is 1.78. The van der Waals surface area contributed by atoms with Crippen LogP contribution in [0.25, 0.3) is 0 Å². The van der Waals surface area contributed by atoms with Crippen LogP contribution in [-0.4, -0.2) is 25.1 Å². The van der Waals surface area contributed by atoms with Gasteiger partial charge in [0.25, 0.3) is 0 Å². The molecule has 0 saturated carbocycles. The molecule has 66 valence electrons. The topological polar surface area (TPSA) is 12.5 Å². The Hall–Kier alpha value is -1.18. The van der Waals surface area contributed by atoms with Crippen molar-refractivity contribution in [1.82, 2.24) is 4.90 Å². The van der Waals surface area contributed by atoms with Crippen LogP contribution in [0.3, 0.4) is 0 Å². The van der Waals surface area contributed by atoms with E-state index in [4.69, 9.17) is 4.74 Å². The summed E-state index contributed by atoms with van der Waals surface area (Å²) in [5.41, 5.74) is 2.05. The largest absolute Gasteiger partial charge is 0.490 e. The average Bonchev–Trinajstić information content (AvgIpc) is 1.97. The van der Waals surface area contributed by atoms with Crippen LogP contribution >= 0.6 is 0 Å². The highest BCUT2D eigenvalue weighted by atomic mass is 16.5. The van der Waals surface area contributed by atoms with Gasteiger partial charge in [-0.2, -0.15) is 0 Å². The minimum Gasteiger partial charge on any atom is -0.490 e. The Morgan fingerprint density at radius 3 is 2.83 bits per heavy atom. The van der Waals surface area contributed by atoms with Gasteiger partial charge >= 0.3 is 0 Å². The van der Waals surface area contributed by atoms with Crippen molar-refractivity contribution < 1.29 is 4.74 Å². The maximum absolute atomic E-state index is 5.32. The molecule has 2 nitrogen and oxygen atoms in total. The van der Waals surface area contributed by atoms with Crippen molar-refractivity contribution in [3.8, 4) is 0 Å². The molecular formula is C10H15NO. The SMILES string of the molecule is C=C(C)/C=C1\C(=C)OCCN1C. The predicted octanol–water partition coefficient (Wildman–Crippen LogP) is 1.92. The molecule has 0 aromatic heterocycles. The fourth-order valence-electron chi connectivity index (χ4n) is 1.14. The number of morpholine rings is 1. The van der Waals surface area contributed by atoms with Gasteiger partial charge in [-0.25, -0.2) is 0 Å². The van der Waals surface area contributed by atoms with Crippen molar-refractivity contribution in [2.24, 2.45) is 0 Å². The number of rotatable bonds is 1. The first kappa shape index (κ1) is 8.91. The summed E-state index contributed by atoms with van der Waals surface area (Å²) < 4.78 is 5.32. The van der Waals surface area contributed by atoms with E-state index in [1.807, 2.05) is 20.0 Å². The fraction of sp³-hybridized carbons (Fsp3) is 0.400. The van der Waals surface area contributed by atoms with Crippen molar-refractivity contribution in [3.05, 3.63) is 36.3 Å². The van der Waals surface area contributed by atoms with E-state index in [0.717, 1.165) is 30.2 Å². The molecule has 2 heteroatoms. The molecule has 0 atom stereocenters. The summed E-state index contributed by atoms with van der Waals surface area (Å²) in [6, 6.07) is 0. The Bertz CT molecular complexity index is 240. The molecule has 1 rings (SSSR count). The third kappa shape index (κ3) is 1.91. The van der Waals surface area contributed by atoms with Crippen molar-refractivity contribution in [1.29, 1.82) is 0 Å². The standard InChI is InChI=1S/C10H15NO/c1-8(2)7-10-9(3)12-6-5-11(10)4/h7H,1,3,5-6H2,2,4H3/b10-7+. The second-order valence-corrected chi connectivity index (χ2v) is 3.07. The molecule has 0 unspecified atom stereocenters. The summed E-state index contributed by atoms with van der Waals surface area (Å²) in [7, 11) is 2.03. The Morgan fingerprint density at radius 1 is 1.67 bits per heavy atom. The van der Waals surface area contributed by atoms with Crippen molar-refractivity contribution in [2.75, 3.05) is 20.2 Å². The van der Waals surface area contributed by atoms with Gasteiger partial charge in [0.15, 0.2) is 0 Å². The molecule has 1 saturated heterocycles. The zero-order valence-corrected chi connectivity index (χ0v) is 7.76. The van der Waals surface area contributed by atoms with Gasteiger partial charge in [0, 0.05) is 7.05 Å². The van der Waals surface area contributed by atoms with Crippen molar-refractivity contribution in [3.63, 3.8) is 0 Å². The highest BCUT2D eigenvalue weighted by Gasteiger charge is 2.14. The molecule has 0 aliphatic carbocycles. The van der Waals surface area contributed by atoms with E-state index < -0.39 is 0 Å². The van der Waals surface area contributed by atoms with Crippen LogP contribution in [0, 0.1) is 0 Å². The number of allylic oxidation sites excluding steroid dienone is 2. The van der Waals surface area contributed by atoms with E-state index in [1.165, 1.54) is 0 Å². The van der Waals surface area contributed by atoms with Gasteiger partial charge in [-0.1, -0.05) is 18.7 Å². The van der Waals surface area contributed by atoms with Gasteiger partial charge in [-0.3, -0.25) is 0 Å². The monoisotopic (exact) mass is 165 g/mol. The molecule has 1 aliphatic rings. The number of likely N-dealkylation sites (N-methyl/N-ethyl adjacent to an activating group) is 1. The number of nitrogens with zero attached hydrogens (tertiary/aromatic N) is 1. The molecule has 1 fully saturated rings. The van der Waals surface area contributed by atoms with Gasteiger partial charge in [0.1, 0.15) is 12.4 Å². The molecule has 0 bridgehead atoms. The minimum absolute atomic E-state index is 0.725. The van der Waals surface area contributed by atoms with Crippen LogP contribution in [0.1, 0.15) is 6.92 Å². The average molecular weight is 165 g/mol. The smallest absolute Gasteiger partial charge is 0.135 e. The summed E-state index contributed by atoms with van der Waals surface area (Å²) >= 11 is 0. The first-order valence-corrected chi connectivity index (χ1v) is 4.01. The quantitative estimate of drug-likeness (QED) is 0.588. The second-order valence-electron chi connectivity index (χ2n) is 3.07. The fourth-order valence-corrected chi connectivity index (χ4v) is 1.14. The van der Waals surface area contributed by atoms with Crippen LogP contribution in [0.2, 0.25) is 0 Å². The molecular weight excluding hydrogens is 150 g/mol. The highest BCUT2D eigenvalue weighted by molar-refractivity contribution is 5.30. The molecule has 1 aliphatic heterocycles. The molecule has 0 spiro atoms. The van der Waals surface area contributed by atoms with E-state index in [1.54, 1.807) is 0 Å². The number of hydrogen-bond donors (Lipinski definition) is 0. The van der Waals surface area contributed by atoms with Crippen LogP contribution in [-0.2, 0) is 4.74 Å². The summed E-state index contributed by atoms with van der Waals surface area (Å²) in [5.74, 6) is 0.742. The molecule has 0 amide bonds. The third-order valence-corrected chi connectivity index (χ3v) is 1.78. The van der Waals surface area contributed by atoms with Gasteiger partial charge in [-0.05, 0) is 13.0 Å². The van der Waals surface area contributed by atoms with Crippen molar-refractivity contribution >= 4 is 0 Å². The maximum Gasteiger partial charge on any atom is 0.135 e. The van der Waals surface area contributed by atoms with E-state index in [2.05, 4.69) is 18.1 Å². The Morgan fingerprint density at radius 2 is 2.33 bits per heavy atom. The molecule has 0 aromatic carbocycles. The van der Waals surface area contributed by atoms with Crippen LogP contribution < -0.4 is 0 Å². The van der Waals surface area contributed by atoms with E-state index >= 15 is 0 Å². The normalized spacial score (nSPS) is 21.0. The minimum atomic E-state index is 0.725. The second kappa shape index (κ2) is 3.48. The number of hydrogen-bond acceptors (Lipinski definition) is 2. The lowest BCUT2D eigenvalue weighted by molar-refractivity contribution is 0.143. The zero-order valence-electron chi connectivity index (χ0n) is 7.76. The molecule has 12 heavy (non-hydrogen) atoms. The highest BCUT2D eigenvalue weighted by Crippen LogP contribution is 2.19. The zero-order chi connectivity index (χ0) is 9.14. The summed E-state index contributed by atoms with van der Waals surface area (Å²) in [6.45, 7) is 11.2. The molecule has 0 aromatic rings. The lowest BCUT2D eigenvalue weighted by Gasteiger charge is -2.29. The van der Waals surface area contributed by atoms with Gasteiger partial charge in [0.2, 0.25) is 0 Å². The molecule has 0 N–H and O–H groups in total. The summed E-state index contributed by atoms with van der Waals surface area (Å²) in [4.78, 5) is 2.13. The Kier molecular flexibility index (Phi) is 2.58. The number of ether oxygens (including phenoxy) is 1. The van der Waals surface area contributed by atoms with E-state index in [-0.39, 0.29) is 0 Å². The van der Waals surface area contributed by atoms with Crippen LogP contribution in [0.5, 0.6) is 0 Å². The summed E-state index contributed by atoms with van der Waals surface area (Å²) in [6.07, 6.45) is 1.99. The predicted molar refractivity (Wildman–Crippen MR) is 50.6 cm³/mol. The lowest BCUT2D eigenvalue weighted by Crippen LogP contribution is -2.29. The Labute approximate surface area is 73.8 Å². The summed E-state index contributed by atoms with van der Waals surface area (Å²) in [5, 5.41) is 0. The first-order valence-electron chi connectivity index (χ1n) is 4.01. The van der Waals surface area contributed by atoms with Gasteiger partial charge < -0.3 is 9.64 Å². The first-order chi connectivity index (χ1) is 5.61. The van der Waals surface area contributed by atoms with E-state index in [9.17, 15) is 0 Å². The lowest BCUT2D eigenvalue weighted by atomic mass is 10.2. The Balaban J connectivity index is 2.83. The van der Waals surface area contributed by atoms with Crippen molar-refractivity contribution in [2.45, 2.75) is 6.92 Å². The van der Waals surface area contributed by atoms with Gasteiger partial charge in [-0.15, -0.1) is 0 Å².